The van der Waals surface area contributed by atoms with Crippen LogP contribution in [0, 0.1) is 0 Å². The first-order chi connectivity index (χ1) is 13.9. The van der Waals surface area contributed by atoms with Crippen LogP contribution in [0.5, 0.6) is 5.75 Å². The maximum Gasteiger partial charge on any atom is 0.268 e. The van der Waals surface area contributed by atoms with Crippen molar-refractivity contribution in [1.82, 2.24) is 14.8 Å². The van der Waals surface area contributed by atoms with Crippen molar-refractivity contribution >= 4 is 17.6 Å². The molecular weight excluding hydrogens is 370 g/mol. The molecule has 2 heterocycles. The summed E-state index contributed by atoms with van der Waals surface area (Å²) in [6, 6.07) is 8.79. The van der Waals surface area contributed by atoms with E-state index in [1.807, 2.05) is 11.8 Å². The third-order valence-electron chi connectivity index (χ3n) is 5.17. The van der Waals surface area contributed by atoms with Gasteiger partial charge in [-0.25, -0.2) is 0 Å². The first-order valence-corrected chi connectivity index (χ1v) is 9.89. The number of carbonyl (C=O) groups excluding carboxylic acids is 3. The molecule has 29 heavy (non-hydrogen) atoms. The summed E-state index contributed by atoms with van der Waals surface area (Å²) in [5, 5.41) is 3.02. The number of amides is 2. The number of carbonyl (C=O) groups is 3. The Morgan fingerprint density at radius 1 is 1.10 bits per heavy atom. The highest BCUT2D eigenvalue weighted by Crippen LogP contribution is 2.18. The van der Waals surface area contributed by atoms with Crippen LogP contribution in [-0.4, -0.2) is 52.8 Å². The summed E-state index contributed by atoms with van der Waals surface area (Å²) in [6.07, 6.45) is 3.05. The number of likely N-dealkylation sites (tertiary alicyclic amines) is 1. The Kier molecular flexibility index (Phi) is 6.36. The lowest BCUT2D eigenvalue weighted by Gasteiger charge is -2.32. The highest BCUT2D eigenvalue weighted by Gasteiger charge is 2.25. The van der Waals surface area contributed by atoms with Crippen LogP contribution >= 0.6 is 0 Å². The van der Waals surface area contributed by atoms with Crippen LogP contribution in [0.1, 0.15) is 57.9 Å². The fourth-order valence-electron chi connectivity index (χ4n) is 3.51. The van der Waals surface area contributed by atoms with Crippen molar-refractivity contribution in [1.29, 1.82) is 0 Å². The van der Waals surface area contributed by atoms with Crippen molar-refractivity contribution in [3.8, 4) is 5.75 Å². The van der Waals surface area contributed by atoms with Crippen molar-refractivity contribution in [2.24, 2.45) is 7.05 Å². The molecule has 1 aromatic heterocycles. The molecule has 3 rings (SSSR count). The molecule has 1 aliphatic heterocycles. The number of aromatic nitrogens is 1. The van der Waals surface area contributed by atoms with E-state index < -0.39 is 0 Å². The number of ketones is 1. The van der Waals surface area contributed by atoms with Crippen LogP contribution in [0.3, 0.4) is 0 Å². The molecule has 1 saturated heterocycles. The van der Waals surface area contributed by atoms with Crippen LogP contribution < -0.4 is 10.1 Å². The molecule has 0 bridgehead atoms. The number of nitrogens with zero attached hydrogens (tertiary/aromatic N) is 2. The largest absolute Gasteiger partial charge is 0.494 e. The summed E-state index contributed by atoms with van der Waals surface area (Å²) in [7, 11) is 1.75. The van der Waals surface area contributed by atoms with Gasteiger partial charge >= 0.3 is 0 Å². The minimum absolute atomic E-state index is 0.00237. The van der Waals surface area contributed by atoms with E-state index in [9.17, 15) is 14.4 Å². The Balaban J connectivity index is 1.54. The van der Waals surface area contributed by atoms with Crippen molar-refractivity contribution in [2.75, 3.05) is 19.7 Å². The number of rotatable bonds is 6. The molecule has 154 valence electrons. The Hall–Kier alpha value is -3.09. The van der Waals surface area contributed by atoms with E-state index >= 15 is 0 Å². The van der Waals surface area contributed by atoms with Crippen molar-refractivity contribution < 1.29 is 19.1 Å². The first-order valence-electron chi connectivity index (χ1n) is 9.89. The molecule has 7 nitrogen and oxygen atoms in total. The molecule has 1 fully saturated rings. The summed E-state index contributed by atoms with van der Waals surface area (Å²) in [6.45, 7) is 5.16. The molecule has 0 saturated carbocycles. The number of nitrogens with one attached hydrogen (secondary N) is 1. The lowest BCUT2D eigenvalue weighted by Crippen LogP contribution is -2.46. The summed E-state index contributed by atoms with van der Waals surface area (Å²) in [4.78, 5) is 38.6. The maximum absolute atomic E-state index is 12.7. The smallest absolute Gasteiger partial charge is 0.268 e. The Morgan fingerprint density at radius 3 is 2.31 bits per heavy atom. The number of aryl methyl sites for hydroxylation is 1. The zero-order valence-corrected chi connectivity index (χ0v) is 17.1. The molecule has 2 amide bonds. The van der Waals surface area contributed by atoms with Crippen LogP contribution in [0.4, 0.5) is 0 Å². The fraction of sp³-hybridized carbons (Fsp3) is 0.409. The number of hydrogen-bond acceptors (Lipinski definition) is 4. The van der Waals surface area contributed by atoms with Gasteiger partial charge in [0, 0.05) is 43.5 Å². The molecule has 0 spiro atoms. The Labute approximate surface area is 170 Å². The zero-order chi connectivity index (χ0) is 21.0. The second-order valence-electron chi connectivity index (χ2n) is 7.28. The van der Waals surface area contributed by atoms with Gasteiger partial charge in [0.1, 0.15) is 11.4 Å². The summed E-state index contributed by atoms with van der Waals surface area (Å²) in [5.41, 5.74) is 1.62. The first kappa shape index (κ1) is 20.6. The lowest BCUT2D eigenvalue weighted by molar-refractivity contribution is 0.0697. The van der Waals surface area contributed by atoms with E-state index in [4.69, 9.17) is 4.74 Å². The molecule has 0 aliphatic carbocycles. The monoisotopic (exact) mass is 397 g/mol. The van der Waals surface area contributed by atoms with Gasteiger partial charge in [-0.3, -0.25) is 14.4 Å². The molecule has 1 N–H and O–H groups in total. The highest BCUT2D eigenvalue weighted by molar-refractivity contribution is 5.99. The third kappa shape index (κ3) is 4.85. The fourth-order valence-corrected chi connectivity index (χ4v) is 3.51. The number of benzene rings is 1. The Morgan fingerprint density at radius 2 is 1.76 bits per heavy atom. The summed E-state index contributed by atoms with van der Waals surface area (Å²) in [5.74, 6) is 0.475. The lowest BCUT2D eigenvalue weighted by atomic mass is 10.0. The average molecular weight is 397 g/mol. The van der Waals surface area contributed by atoms with Gasteiger partial charge in [0.15, 0.2) is 5.78 Å². The second-order valence-corrected chi connectivity index (χ2v) is 7.28. The van der Waals surface area contributed by atoms with E-state index in [1.54, 1.807) is 48.1 Å². The Bertz CT molecular complexity index is 893. The number of hydrogen-bond donors (Lipinski definition) is 1. The van der Waals surface area contributed by atoms with Crippen molar-refractivity contribution in [3.05, 3.63) is 53.3 Å². The van der Waals surface area contributed by atoms with Gasteiger partial charge in [-0.15, -0.1) is 0 Å². The zero-order valence-electron chi connectivity index (χ0n) is 17.1. The summed E-state index contributed by atoms with van der Waals surface area (Å²) < 4.78 is 7.07. The molecule has 0 unspecified atom stereocenters. The molecule has 1 aliphatic rings. The normalized spacial score (nSPS) is 14.5. The van der Waals surface area contributed by atoms with Crippen LogP contribution in [0.25, 0.3) is 0 Å². The maximum atomic E-state index is 12.7. The van der Waals surface area contributed by atoms with Gasteiger partial charge in [0.25, 0.3) is 11.8 Å². The molecule has 1 aromatic carbocycles. The van der Waals surface area contributed by atoms with Gasteiger partial charge in [0.05, 0.1) is 6.61 Å². The van der Waals surface area contributed by atoms with Crippen LogP contribution in [0.2, 0.25) is 0 Å². The van der Waals surface area contributed by atoms with E-state index in [1.165, 1.54) is 6.92 Å². The van der Waals surface area contributed by atoms with Gasteiger partial charge in [-0.1, -0.05) is 0 Å². The average Bonchev–Trinajstić information content (AvgIpc) is 3.11. The van der Waals surface area contributed by atoms with Crippen molar-refractivity contribution in [2.45, 2.75) is 32.7 Å². The molecule has 2 aromatic rings. The van der Waals surface area contributed by atoms with Crippen molar-refractivity contribution in [3.63, 3.8) is 0 Å². The van der Waals surface area contributed by atoms with Gasteiger partial charge < -0.3 is 19.5 Å². The van der Waals surface area contributed by atoms with E-state index in [0.717, 1.165) is 5.75 Å². The number of piperidine rings is 1. The van der Waals surface area contributed by atoms with Gasteiger partial charge in [-0.05, 0) is 57.0 Å². The van der Waals surface area contributed by atoms with Crippen LogP contribution in [-0.2, 0) is 7.05 Å². The molecule has 7 heteroatoms. The minimum atomic E-state index is -0.198. The van der Waals surface area contributed by atoms with E-state index in [-0.39, 0.29) is 23.6 Å². The highest BCUT2D eigenvalue weighted by atomic mass is 16.5. The van der Waals surface area contributed by atoms with Gasteiger partial charge in [0.2, 0.25) is 0 Å². The second kappa shape index (κ2) is 8.94. The number of Topliss-reactive ketones (excluding diaryl/α,β-unsaturated/α-hetero) is 1. The quantitative estimate of drug-likeness (QED) is 0.760. The SMILES string of the molecule is CCOc1ccc(C(=O)N2CCC(NC(=O)c3cc(C(C)=O)cn3C)CC2)cc1. The minimum Gasteiger partial charge on any atom is -0.494 e. The van der Waals surface area contributed by atoms with E-state index in [2.05, 4.69) is 5.32 Å². The molecule has 0 radical (unpaired) electrons. The predicted octanol–water partition coefficient (Wildman–Crippen LogP) is 2.66. The third-order valence-corrected chi connectivity index (χ3v) is 5.17. The molecular formula is C22H27N3O4. The van der Waals surface area contributed by atoms with Crippen LogP contribution in [0.15, 0.2) is 36.5 Å². The standard InChI is InChI=1S/C22H27N3O4/c1-4-29-19-7-5-16(6-8-19)22(28)25-11-9-18(10-12-25)23-21(27)20-13-17(15(2)26)14-24(20)3/h5-8,13-14,18H,4,9-12H2,1-3H3,(H,23,27). The predicted molar refractivity (Wildman–Crippen MR) is 109 cm³/mol. The topological polar surface area (TPSA) is 80.6 Å². The van der Waals surface area contributed by atoms with E-state index in [0.29, 0.717) is 49.4 Å². The summed E-state index contributed by atoms with van der Waals surface area (Å²) >= 11 is 0. The number of ether oxygens (including phenoxy) is 1. The van der Waals surface area contributed by atoms with Gasteiger partial charge in [-0.2, -0.15) is 0 Å². The molecule has 0 atom stereocenters.